The van der Waals surface area contributed by atoms with Crippen LogP contribution in [0, 0.1) is 5.92 Å². The smallest absolute Gasteiger partial charge is 0.251 e. The second-order valence-corrected chi connectivity index (χ2v) is 9.09. The van der Waals surface area contributed by atoms with Crippen molar-refractivity contribution in [1.29, 1.82) is 0 Å². The summed E-state index contributed by atoms with van der Waals surface area (Å²) in [5, 5.41) is 12.6. The van der Waals surface area contributed by atoms with Crippen molar-refractivity contribution in [3.63, 3.8) is 0 Å². The summed E-state index contributed by atoms with van der Waals surface area (Å²) in [5.41, 5.74) is 3.38. The van der Waals surface area contributed by atoms with Gasteiger partial charge in [-0.1, -0.05) is 49.9 Å². The van der Waals surface area contributed by atoms with E-state index in [0.717, 1.165) is 27.7 Å². The third-order valence-electron chi connectivity index (χ3n) is 5.11. The number of nitrogens with zero attached hydrogens (tertiary/aromatic N) is 4. The minimum atomic E-state index is -0.0587. The molecule has 0 aliphatic rings. The van der Waals surface area contributed by atoms with Crippen molar-refractivity contribution in [1.82, 2.24) is 25.1 Å². The summed E-state index contributed by atoms with van der Waals surface area (Å²) < 4.78 is 7.60. The highest BCUT2D eigenvalue weighted by molar-refractivity contribution is 7.98. The number of rotatable bonds is 9. The number of ether oxygens (including phenoxy) is 1. The zero-order valence-corrected chi connectivity index (χ0v) is 20.2. The van der Waals surface area contributed by atoms with Crippen LogP contribution in [0.1, 0.15) is 29.8 Å². The Hall–Kier alpha value is -3.65. The molecule has 2 heterocycles. The van der Waals surface area contributed by atoms with Crippen LogP contribution >= 0.6 is 11.8 Å². The maximum absolute atomic E-state index is 12.5. The van der Waals surface area contributed by atoms with Gasteiger partial charge in [0.15, 0.2) is 11.0 Å². The van der Waals surface area contributed by atoms with Crippen LogP contribution in [0.3, 0.4) is 0 Å². The van der Waals surface area contributed by atoms with Gasteiger partial charge in [0, 0.05) is 35.8 Å². The second kappa shape index (κ2) is 11.0. The number of para-hydroxylation sites is 2. The predicted molar refractivity (Wildman–Crippen MR) is 134 cm³/mol. The molecular weight excluding hydrogens is 446 g/mol. The highest BCUT2D eigenvalue weighted by Crippen LogP contribution is 2.33. The average Bonchev–Trinajstić information content (AvgIpc) is 3.30. The van der Waals surface area contributed by atoms with Crippen molar-refractivity contribution in [3.05, 3.63) is 84.2 Å². The van der Waals surface area contributed by atoms with Gasteiger partial charge in [-0.3, -0.25) is 14.3 Å². The van der Waals surface area contributed by atoms with E-state index >= 15 is 0 Å². The first-order chi connectivity index (χ1) is 16.6. The molecule has 0 atom stereocenters. The Labute approximate surface area is 203 Å². The maximum Gasteiger partial charge on any atom is 0.251 e. The van der Waals surface area contributed by atoms with E-state index in [4.69, 9.17) is 4.74 Å². The lowest BCUT2D eigenvalue weighted by molar-refractivity contribution is 0.0949. The molecule has 2 aromatic carbocycles. The molecule has 0 bridgehead atoms. The third-order valence-corrected chi connectivity index (χ3v) is 6.11. The van der Waals surface area contributed by atoms with E-state index in [2.05, 4.69) is 34.3 Å². The van der Waals surface area contributed by atoms with Crippen LogP contribution in [0.15, 0.2) is 78.2 Å². The number of methoxy groups -OCH3 is 1. The molecule has 0 radical (unpaired) electrons. The fourth-order valence-electron chi connectivity index (χ4n) is 3.43. The molecule has 8 heteroatoms. The number of thioether (sulfide) groups is 1. The predicted octanol–water partition coefficient (Wildman–Crippen LogP) is 5.02. The quantitative estimate of drug-likeness (QED) is 0.344. The van der Waals surface area contributed by atoms with Gasteiger partial charge in [-0.15, -0.1) is 10.2 Å². The minimum absolute atomic E-state index is 0.0587. The summed E-state index contributed by atoms with van der Waals surface area (Å²) >= 11 is 1.55. The number of amides is 1. The zero-order chi connectivity index (χ0) is 23.9. The molecule has 34 heavy (non-hydrogen) atoms. The van der Waals surface area contributed by atoms with Crippen molar-refractivity contribution in [2.45, 2.75) is 24.8 Å². The van der Waals surface area contributed by atoms with Crippen LogP contribution in [0.4, 0.5) is 0 Å². The van der Waals surface area contributed by atoms with Crippen molar-refractivity contribution in [3.8, 4) is 22.8 Å². The SMILES string of the molecule is COc1ccccc1-n1c(SCc2cccc(C(=O)NCC(C)C)c2)nnc1-c1cccnc1. The van der Waals surface area contributed by atoms with Gasteiger partial charge in [0.1, 0.15) is 5.75 Å². The monoisotopic (exact) mass is 473 g/mol. The van der Waals surface area contributed by atoms with E-state index in [1.54, 1.807) is 31.3 Å². The molecule has 174 valence electrons. The van der Waals surface area contributed by atoms with E-state index in [1.165, 1.54) is 0 Å². The molecule has 2 aromatic heterocycles. The number of benzene rings is 2. The van der Waals surface area contributed by atoms with Crippen molar-refractivity contribution < 1.29 is 9.53 Å². The number of aromatic nitrogens is 4. The lowest BCUT2D eigenvalue weighted by Gasteiger charge is -2.14. The Bertz CT molecular complexity index is 1260. The molecule has 4 aromatic rings. The molecule has 1 amide bonds. The number of carbonyl (C=O) groups is 1. The second-order valence-electron chi connectivity index (χ2n) is 8.15. The number of hydrogen-bond acceptors (Lipinski definition) is 6. The van der Waals surface area contributed by atoms with Gasteiger partial charge in [0.2, 0.25) is 0 Å². The van der Waals surface area contributed by atoms with Gasteiger partial charge >= 0.3 is 0 Å². The van der Waals surface area contributed by atoms with Crippen molar-refractivity contribution >= 4 is 17.7 Å². The molecule has 0 unspecified atom stereocenters. The first-order valence-electron chi connectivity index (χ1n) is 11.1. The van der Waals surface area contributed by atoms with Gasteiger partial charge in [-0.2, -0.15) is 0 Å². The van der Waals surface area contributed by atoms with Crippen LogP contribution < -0.4 is 10.1 Å². The Morgan fingerprint density at radius 1 is 1.09 bits per heavy atom. The standard InChI is InChI=1S/C26H27N5O2S/c1-18(2)15-28-25(32)20-9-6-8-19(14-20)17-34-26-30-29-24(21-10-7-13-27-16-21)31(26)22-11-4-5-12-23(22)33-3/h4-14,16,18H,15,17H2,1-3H3,(H,28,32). The summed E-state index contributed by atoms with van der Waals surface area (Å²) in [5.74, 6) is 2.38. The lowest BCUT2D eigenvalue weighted by atomic mass is 10.1. The first kappa shape index (κ1) is 23.5. The fraction of sp³-hybridized carbons (Fsp3) is 0.231. The van der Waals surface area contributed by atoms with Crippen LogP contribution in [0.5, 0.6) is 5.75 Å². The molecular formula is C26H27N5O2S. The van der Waals surface area contributed by atoms with Crippen LogP contribution in [-0.2, 0) is 5.75 Å². The zero-order valence-electron chi connectivity index (χ0n) is 19.4. The molecule has 0 aliphatic carbocycles. The summed E-state index contributed by atoms with van der Waals surface area (Å²) in [6.45, 7) is 4.80. The summed E-state index contributed by atoms with van der Waals surface area (Å²) in [6.07, 6.45) is 3.50. The van der Waals surface area contributed by atoms with Gasteiger partial charge in [-0.05, 0) is 47.9 Å². The molecule has 0 fully saturated rings. The molecule has 0 saturated carbocycles. The summed E-state index contributed by atoms with van der Waals surface area (Å²) in [4.78, 5) is 16.7. The van der Waals surface area contributed by atoms with Crippen molar-refractivity contribution in [2.24, 2.45) is 5.92 Å². The van der Waals surface area contributed by atoms with E-state index in [9.17, 15) is 4.79 Å². The Kier molecular flexibility index (Phi) is 7.59. The largest absolute Gasteiger partial charge is 0.495 e. The highest BCUT2D eigenvalue weighted by Gasteiger charge is 2.19. The number of nitrogens with one attached hydrogen (secondary N) is 1. The van der Waals surface area contributed by atoms with Crippen molar-refractivity contribution in [2.75, 3.05) is 13.7 Å². The molecule has 0 saturated heterocycles. The van der Waals surface area contributed by atoms with Gasteiger partial charge < -0.3 is 10.1 Å². The topological polar surface area (TPSA) is 81.9 Å². The molecule has 7 nitrogen and oxygen atoms in total. The van der Waals surface area contributed by atoms with E-state index in [1.807, 2.05) is 65.2 Å². The first-order valence-corrected chi connectivity index (χ1v) is 12.0. The Morgan fingerprint density at radius 2 is 1.94 bits per heavy atom. The van der Waals surface area contributed by atoms with E-state index in [-0.39, 0.29) is 5.91 Å². The van der Waals surface area contributed by atoms with Gasteiger partial charge in [0.25, 0.3) is 5.91 Å². The molecule has 1 N–H and O–H groups in total. The van der Waals surface area contributed by atoms with E-state index < -0.39 is 0 Å². The normalized spacial score (nSPS) is 10.9. The van der Waals surface area contributed by atoms with E-state index in [0.29, 0.717) is 29.6 Å². The molecule has 0 aliphatic heterocycles. The summed E-state index contributed by atoms with van der Waals surface area (Å²) in [6, 6.07) is 19.3. The lowest BCUT2D eigenvalue weighted by Crippen LogP contribution is -2.27. The minimum Gasteiger partial charge on any atom is -0.495 e. The average molecular weight is 474 g/mol. The Morgan fingerprint density at radius 3 is 2.71 bits per heavy atom. The van der Waals surface area contributed by atoms with Gasteiger partial charge in [-0.25, -0.2) is 0 Å². The highest BCUT2D eigenvalue weighted by atomic mass is 32.2. The summed E-state index contributed by atoms with van der Waals surface area (Å²) in [7, 11) is 1.65. The number of pyridine rings is 1. The molecule has 0 spiro atoms. The van der Waals surface area contributed by atoms with Crippen LogP contribution in [-0.4, -0.2) is 39.3 Å². The maximum atomic E-state index is 12.5. The number of hydrogen-bond donors (Lipinski definition) is 1. The third kappa shape index (κ3) is 5.46. The Balaban J connectivity index is 1.63. The van der Waals surface area contributed by atoms with Gasteiger partial charge in [0.05, 0.1) is 12.8 Å². The molecule has 4 rings (SSSR count). The fourth-order valence-corrected chi connectivity index (χ4v) is 4.31. The van der Waals surface area contributed by atoms with Crippen LogP contribution in [0.2, 0.25) is 0 Å². The number of carbonyl (C=O) groups excluding carboxylic acids is 1. The van der Waals surface area contributed by atoms with Crippen LogP contribution in [0.25, 0.3) is 17.1 Å².